The molecule has 2 aromatic carbocycles. The van der Waals surface area contributed by atoms with Gasteiger partial charge in [0.1, 0.15) is 78.5 Å². The van der Waals surface area contributed by atoms with E-state index >= 15 is 14.4 Å². The molecule has 121 heavy (non-hydrogen) atoms. The summed E-state index contributed by atoms with van der Waals surface area (Å²) in [5, 5.41) is 74.3. The van der Waals surface area contributed by atoms with Gasteiger partial charge in [0.2, 0.25) is 94.5 Å². The number of carbonyl (C=O) groups excluding carboxylic acids is 16. The number of carboxylic acid groups (broad SMARTS) is 2. The number of hydrogen-bond donors (Lipinski definition) is 23. The molecular formula is C80H124N20O21. The first-order valence-corrected chi connectivity index (χ1v) is 40.2. The van der Waals surface area contributed by atoms with Crippen molar-refractivity contribution >= 4 is 123 Å². The molecule has 41 heteroatoms. The Bertz CT molecular complexity index is 4100. The normalized spacial score (nSPS) is 14.8. The number of nitrogens with one attached hydrogen (secondary N) is 16. The predicted molar refractivity (Wildman–Crippen MR) is 442 cm³/mol. The zero-order chi connectivity index (χ0) is 91.2. The van der Waals surface area contributed by atoms with Gasteiger partial charge in [-0.3, -0.25) is 91.7 Å². The van der Waals surface area contributed by atoms with Gasteiger partial charge in [-0.2, -0.15) is 0 Å². The van der Waals surface area contributed by atoms with Crippen LogP contribution in [0.5, 0.6) is 0 Å². The largest absolute Gasteiger partial charge is 0.481 e. The van der Waals surface area contributed by atoms with Crippen LogP contribution in [-0.4, -0.2) is 224 Å². The van der Waals surface area contributed by atoms with E-state index in [0.717, 1.165) is 13.8 Å². The summed E-state index contributed by atoms with van der Waals surface area (Å²) < 4.78 is 0. The lowest BCUT2D eigenvalue weighted by Gasteiger charge is -2.30. The molecule has 0 bridgehead atoms. The Labute approximate surface area is 701 Å². The summed E-state index contributed by atoms with van der Waals surface area (Å²) in [5.74, 6) is -21.1. The minimum atomic E-state index is -1.98. The number of benzene rings is 2. The van der Waals surface area contributed by atoms with Gasteiger partial charge in [-0.25, -0.2) is 0 Å². The third-order valence-corrected chi connectivity index (χ3v) is 18.8. The lowest BCUT2D eigenvalue weighted by Crippen LogP contribution is -2.62. The van der Waals surface area contributed by atoms with Crippen LogP contribution >= 0.6 is 0 Å². The third-order valence-electron chi connectivity index (χ3n) is 18.8. The molecule has 0 saturated heterocycles. The number of rotatable bonds is 55. The van der Waals surface area contributed by atoms with Crippen LogP contribution < -0.4 is 97.4 Å². The van der Waals surface area contributed by atoms with Gasteiger partial charge in [0.15, 0.2) is 5.96 Å². The van der Waals surface area contributed by atoms with Crippen LogP contribution in [0.3, 0.4) is 0 Å². The maximum Gasteiger partial charge on any atom is 0.305 e. The van der Waals surface area contributed by atoms with Gasteiger partial charge in [0.25, 0.3) is 0 Å². The lowest BCUT2D eigenvalue weighted by molar-refractivity contribution is -0.142. The molecule has 0 saturated carbocycles. The van der Waals surface area contributed by atoms with E-state index in [0.29, 0.717) is 22.0 Å². The molecule has 3 rings (SSSR count). The molecule has 16 amide bonds. The Morgan fingerprint density at radius 3 is 1.14 bits per heavy atom. The monoisotopic (exact) mass is 1700 g/mol. The SMILES string of the molecule is CC(=O)N[C@@H](CCC(=O)O)C(=O)N[C@H](C(=O)N[C@@H](Cc1ccccc1)C(=O)N[C@@H](CC(C)C)C(=O)N[C@@H](CC(=O)O)C(=O)N[C@@H](CC(C)C)C(=O)N[C@@H](Cc1c[nH]c2ccccc12)C(=O)N[C@@H](CCCNC(=N)N)C(=O)N[C@@H](CC(C)C)C(=O)N[C@@H](CC(C)C)C(=O)N[C@@H](CC(C)C)C(=O)N[C@@H](CCC(N)=O)C(=O)N[C@@H](CC(N)=O)C(N)=O)[C@@H](C)O. The van der Waals surface area contributed by atoms with Crippen LogP contribution in [0, 0.1) is 35.0 Å². The van der Waals surface area contributed by atoms with Gasteiger partial charge in [-0.15, -0.1) is 0 Å². The smallest absolute Gasteiger partial charge is 0.305 e. The minimum Gasteiger partial charge on any atom is -0.481 e. The zero-order valence-corrected chi connectivity index (χ0v) is 70.6. The molecule has 41 nitrogen and oxygen atoms in total. The fourth-order valence-corrected chi connectivity index (χ4v) is 12.9. The molecular weight excluding hydrogens is 1580 g/mol. The fraction of sp³-hybridized carbons (Fsp3) is 0.588. The number of carboxylic acids is 2. The summed E-state index contributed by atoms with van der Waals surface area (Å²) in [6, 6.07) is -5.59. The quantitative estimate of drug-likeness (QED) is 0.0153. The van der Waals surface area contributed by atoms with E-state index in [4.69, 9.17) is 28.3 Å². The van der Waals surface area contributed by atoms with Crippen LogP contribution in [0.25, 0.3) is 10.9 Å². The van der Waals surface area contributed by atoms with Crippen LogP contribution in [-0.2, 0) is 99.1 Å². The Morgan fingerprint density at radius 1 is 0.380 bits per heavy atom. The van der Waals surface area contributed by atoms with Crippen LogP contribution in [0.2, 0.25) is 0 Å². The summed E-state index contributed by atoms with van der Waals surface area (Å²) in [6.07, 6.45) is -4.97. The first kappa shape index (κ1) is 103. The Balaban J connectivity index is 2.09. The molecule has 14 atom stereocenters. The number of fused-ring (bicyclic) bond motifs is 1. The van der Waals surface area contributed by atoms with Crippen molar-refractivity contribution < 1.29 is 102 Å². The Kier molecular flexibility index (Phi) is 43.5. The number of aliphatic hydroxyl groups is 1. The molecule has 1 heterocycles. The molecule has 3 aromatic rings. The second-order valence-corrected chi connectivity index (χ2v) is 32.1. The highest BCUT2D eigenvalue weighted by Crippen LogP contribution is 2.22. The summed E-state index contributed by atoms with van der Waals surface area (Å²) in [4.78, 5) is 249. The average Bonchev–Trinajstić information content (AvgIpc) is 1.69. The highest BCUT2D eigenvalue weighted by Gasteiger charge is 2.40. The van der Waals surface area contributed by atoms with E-state index in [1.54, 1.807) is 130 Å². The second-order valence-electron chi connectivity index (χ2n) is 32.1. The zero-order valence-electron chi connectivity index (χ0n) is 70.6. The van der Waals surface area contributed by atoms with Crippen LogP contribution in [0.4, 0.5) is 0 Å². The van der Waals surface area contributed by atoms with E-state index in [9.17, 15) is 87.2 Å². The number of hydrogen-bond acceptors (Lipinski definition) is 20. The van der Waals surface area contributed by atoms with E-state index in [-0.39, 0.29) is 82.1 Å². The number of carbonyl (C=O) groups is 18. The van der Waals surface area contributed by atoms with Crippen molar-refractivity contribution in [1.82, 2.24) is 79.4 Å². The van der Waals surface area contributed by atoms with Gasteiger partial charge in [-0.1, -0.05) is 118 Å². The minimum absolute atomic E-state index is 0.0145. The topological polar surface area (TPSA) is 680 Å². The van der Waals surface area contributed by atoms with Crippen LogP contribution in [0.1, 0.15) is 178 Å². The molecule has 0 radical (unpaired) electrons. The molecule has 0 spiro atoms. The standard InChI is InChI=1S/C80H124N20O21/c1-39(2)29-54(71(113)90-52(24-26-62(81)103)69(111)91-53(67(83)109)36-63(82)104)93-73(115)56(31-41(5)6)94-72(114)55(30-40(3)4)92-68(110)50(23-18-28-86-80(84)85)89-77(119)60(35-47-38-87-49-22-17-16-21-48(47)49)97-74(116)57(32-42(7)8)96-78(120)61(37-65(107)108)98-75(117)58(33-43(9)10)95-76(118)59(34-46-19-14-13-15-20-46)99-79(121)66(44(11)101)100-70(112)51(88-45(12)102)25-27-64(105)106/h13-17,19-22,38-44,50-61,66,87,101H,18,23-37H2,1-12H3,(H2,81,103)(H2,82,104)(H2,83,109)(H,88,102)(H,89,119)(H,90,113)(H,91,111)(H,92,110)(H,93,115)(H,94,114)(H,95,118)(H,96,120)(H,97,116)(H,98,117)(H,99,121)(H,100,112)(H,105,106)(H,107,108)(H4,84,85,86)/t44-,50+,51+,52+,53+,54+,55+,56+,57+,58+,59+,60+,61+,66+/m1/s1. The summed E-state index contributed by atoms with van der Waals surface area (Å²) in [6.45, 7) is 19.3. The highest BCUT2D eigenvalue weighted by atomic mass is 16.4. The number of aliphatic carboxylic acids is 2. The second kappa shape index (κ2) is 51.2. The maximum absolute atomic E-state index is 15.3. The fourth-order valence-electron chi connectivity index (χ4n) is 12.9. The summed E-state index contributed by atoms with van der Waals surface area (Å²) >= 11 is 0. The molecule has 0 unspecified atom stereocenters. The molecule has 1 aromatic heterocycles. The van der Waals surface area contributed by atoms with Gasteiger partial charge < -0.3 is 118 Å². The van der Waals surface area contributed by atoms with Crippen molar-refractivity contribution in [3.05, 3.63) is 71.9 Å². The Morgan fingerprint density at radius 2 is 0.736 bits per heavy atom. The van der Waals surface area contributed by atoms with Gasteiger partial charge in [0.05, 0.1) is 18.9 Å². The van der Waals surface area contributed by atoms with Crippen LogP contribution in [0.15, 0.2) is 60.8 Å². The number of H-pyrrole nitrogens is 1. The number of guanidine groups is 1. The van der Waals surface area contributed by atoms with E-state index in [1.807, 2.05) is 0 Å². The molecule has 670 valence electrons. The highest BCUT2D eigenvalue weighted by molar-refractivity contribution is 6.01. The molecule has 0 aliphatic rings. The molecule has 0 fully saturated rings. The van der Waals surface area contributed by atoms with Crippen molar-refractivity contribution in [2.24, 2.45) is 52.5 Å². The molecule has 0 aliphatic carbocycles. The average molecular weight is 1700 g/mol. The van der Waals surface area contributed by atoms with Crippen molar-refractivity contribution in [2.45, 2.75) is 264 Å². The maximum atomic E-state index is 15.3. The number of para-hydroxylation sites is 1. The number of primary amides is 3. The predicted octanol–water partition coefficient (Wildman–Crippen LogP) is -2.88. The van der Waals surface area contributed by atoms with Gasteiger partial charge in [-0.05, 0) is 111 Å². The van der Waals surface area contributed by atoms with Crippen molar-refractivity contribution in [2.75, 3.05) is 6.54 Å². The number of amides is 16. The van der Waals surface area contributed by atoms with E-state index < -0.39 is 247 Å². The van der Waals surface area contributed by atoms with Gasteiger partial charge in [0, 0.05) is 56.3 Å². The molecule has 0 aliphatic heterocycles. The van der Waals surface area contributed by atoms with Gasteiger partial charge >= 0.3 is 11.9 Å². The summed E-state index contributed by atoms with van der Waals surface area (Å²) in [7, 11) is 0. The number of aromatic nitrogens is 1. The number of nitrogens with two attached hydrogens (primary N) is 4. The van der Waals surface area contributed by atoms with Crippen molar-refractivity contribution in [3.63, 3.8) is 0 Å². The third kappa shape index (κ3) is 38.5. The first-order valence-electron chi connectivity index (χ1n) is 40.2. The van der Waals surface area contributed by atoms with E-state index in [1.165, 1.54) is 0 Å². The number of aromatic amines is 1. The summed E-state index contributed by atoms with van der Waals surface area (Å²) in [5.41, 5.74) is 23.2. The molecule has 27 N–H and O–H groups in total. The van der Waals surface area contributed by atoms with E-state index in [2.05, 4.69) is 79.4 Å². The first-order chi connectivity index (χ1) is 56.6. The Hall–Kier alpha value is -12.3. The number of aliphatic hydroxyl groups excluding tert-OH is 1. The lowest BCUT2D eigenvalue weighted by atomic mass is 9.98. The van der Waals surface area contributed by atoms with Crippen molar-refractivity contribution in [1.29, 1.82) is 5.41 Å². The van der Waals surface area contributed by atoms with Crippen molar-refractivity contribution in [3.8, 4) is 0 Å².